The van der Waals surface area contributed by atoms with E-state index in [0.29, 0.717) is 0 Å². The second-order valence-electron chi connectivity index (χ2n) is 4.21. The molecule has 0 aromatic heterocycles. The molecule has 0 fully saturated rings. The third-order valence-electron chi connectivity index (χ3n) is 2.95. The lowest BCUT2D eigenvalue weighted by molar-refractivity contribution is 0.454. The van der Waals surface area contributed by atoms with Gasteiger partial charge in [0.15, 0.2) is 0 Å². The first-order valence-electron chi connectivity index (χ1n) is 5.76. The number of hydrogen-bond donors (Lipinski definition) is 0. The van der Waals surface area contributed by atoms with Crippen LogP contribution in [0.5, 0.6) is 11.5 Å². The van der Waals surface area contributed by atoms with Crippen LogP contribution in [-0.2, 0) is 0 Å². The highest BCUT2D eigenvalue weighted by Gasteiger charge is 2.18. The van der Waals surface area contributed by atoms with Gasteiger partial charge in [0.1, 0.15) is 11.5 Å². The molecule has 2 nitrogen and oxygen atoms in total. The second-order valence-corrected chi connectivity index (χ2v) is 5.29. The van der Waals surface area contributed by atoms with E-state index < -0.39 is 0 Å². The van der Waals surface area contributed by atoms with Gasteiger partial charge in [-0.15, -0.1) is 0 Å². The first-order valence-corrected chi connectivity index (χ1v) is 6.58. The third kappa shape index (κ3) is 1.85. The summed E-state index contributed by atoms with van der Waals surface area (Å²) in [6.07, 6.45) is 0. The Labute approximate surface area is 110 Å². The Morgan fingerprint density at radius 1 is 1.11 bits per heavy atom. The van der Waals surface area contributed by atoms with E-state index in [4.69, 9.17) is 10.00 Å². The Morgan fingerprint density at radius 3 is 2.72 bits per heavy atom. The van der Waals surface area contributed by atoms with E-state index in [1.54, 1.807) is 11.8 Å². The van der Waals surface area contributed by atoms with Crippen LogP contribution in [0.15, 0.2) is 52.3 Å². The maximum absolute atomic E-state index is 8.96. The summed E-state index contributed by atoms with van der Waals surface area (Å²) in [7, 11) is 0. The number of hydrogen-bond acceptors (Lipinski definition) is 3. The van der Waals surface area contributed by atoms with Crippen molar-refractivity contribution in [3.8, 4) is 17.6 Å². The Bertz CT molecular complexity index is 645. The Hall–Kier alpha value is -1.92. The number of ether oxygens (including phenoxy) is 1. The summed E-state index contributed by atoms with van der Waals surface area (Å²) in [6.45, 7) is 1.91. The van der Waals surface area contributed by atoms with Gasteiger partial charge in [0, 0.05) is 0 Å². The lowest BCUT2D eigenvalue weighted by atomic mass is 10.0. The standard InChI is InChI=1S/C15H11NOS/c1-10(9-16)11-6-7-13-15(8-11)18-14-5-3-2-4-12(14)17-13/h2-8,10H,1H3. The number of fused-ring (bicyclic) bond motifs is 2. The van der Waals surface area contributed by atoms with Crippen molar-refractivity contribution >= 4 is 11.8 Å². The van der Waals surface area contributed by atoms with E-state index in [-0.39, 0.29) is 5.92 Å². The highest BCUT2D eigenvalue weighted by atomic mass is 32.2. The second kappa shape index (κ2) is 4.40. The number of para-hydroxylation sites is 1. The van der Waals surface area contributed by atoms with Crippen molar-refractivity contribution in [3.05, 3.63) is 48.0 Å². The molecule has 18 heavy (non-hydrogen) atoms. The minimum atomic E-state index is -0.0897. The van der Waals surface area contributed by atoms with Gasteiger partial charge >= 0.3 is 0 Å². The van der Waals surface area contributed by atoms with Gasteiger partial charge in [-0.2, -0.15) is 5.26 Å². The van der Waals surface area contributed by atoms with Gasteiger partial charge in [0.2, 0.25) is 0 Å². The van der Waals surface area contributed by atoms with Gasteiger partial charge in [-0.05, 0) is 36.8 Å². The number of benzene rings is 2. The van der Waals surface area contributed by atoms with Crippen molar-refractivity contribution in [3.63, 3.8) is 0 Å². The molecule has 1 heterocycles. The normalized spacial score (nSPS) is 13.8. The Kier molecular flexibility index (Phi) is 2.73. The van der Waals surface area contributed by atoms with E-state index in [2.05, 4.69) is 6.07 Å². The molecule has 1 unspecified atom stereocenters. The van der Waals surface area contributed by atoms with Crippen LogP contribution in [0, 0.1) is 11.3 Å². The summed E-state index contributed by atoms with van der Waals surface area (Å²) in [6, 6.07) is 16.2. The lowest BCUT2D eigenvalue weighted by Gasteiger charge is -2.20. The lowest BCUT2D eigenvalue weighted by Crippen LogP contribution is -1.97. The fourth-order valence-electron chi connectivity index (χ4n) is 1.89. The zero-order valence-electron chi connectivity index (χ0n) is 9.88. The van der Waals surface area contributed by atoms with Gasteiger partial charge in [-0.1, -0.05) is 30.0 Å². The molecule has 1 atom stereocenters. The maximum Gasteiger partial charge on any atom is 0.141 e. The molecule has 88 valence electrons. The minimum absolute atomic E-state index is 0.0897. The van der Waals surface area contributed by atoms with Crippen LogP contribution in [0.4, 0.5) is 0 Å². The van der Waals surface area contributed by atoms with E-state index in [1.165, 1.54) is 0 Å². The van der Waals surface area contributed by atoms with E-state index >= 15 is 0 Å². The zero-order chi connectivity index (χ0) is 12.5. The quantitative estimate of drug-likeness (QED) is 0.637. The van der Waals surface area contributed by atoms with Crippen LogP contribution in [0.1, 0.15) is 18.4 Å². The molecule has 2 aromatic rings. The van der Waals surface area contributed by atoms with Crippen LogP contribution in [0.3, 0.4) is 0 Å². The maximum atomic E-state index is 8.96. The van der Waals surface area contributed by atoms with Crippen molar-refractivity contribution in [2.75, 3.05) is 0 Å². The average molecular weight is 253 g/mol. The molecule has 2 aromatic carbocycles. The molecule has 0 saturated heterocycles. The molecule has 1 aliphatic heterocycles. The third-order valence-corrected chi connectivity index (χ3v) is 4.05. The number of nitriles is 1. The summed E-state index contributed by atoms with van der Waals surface area (Å²) < 4.78 is 5.84. The van der Waals surface area contributed by atoms with Gasteiger partial charge in [-0.3, -0.25) is 0 Å². The van der Waals surface area contributed by atoms with Crippen molar-refractivity contribution in [2.24, 2.45) is 0 Å². The smallest absolute Gasteiger partial charge is 0.141 e. The van der Waals surface area contributed by atoms with Crippen LogP contribution >= 0.6 is 11.8 Å². The summed E-state index contributed by atoms with van der Waals surface area (Å²) in [4.78, 5) is 2.19. The molecule has 1 aliphatic rings. The topological polar surface area (TPSA) is 33.0 Å². The van der Waals surface area contributed by atoms with Gasteiger partial charge in [0.25, 0.3) is 0 Å². The zero-order valence-corrected chi connectivity index (χ0v) is 10.7. The monoisotopic (exact) mass is 253 g/mol. The molecule has 0 saturated carbocycles. The van der Waals surface area contributed by atoms with Crippen molar-refractivity contribution in [2.45, 2.75) is 22.6 Å². The van der Waals surface area contributed by atoms with E-state index in [9.17, 15) is 0 Å². The fraction of sp³-hybridized carbons (Fsp3) is 0.133. The van der Waals surface area contributed by atoms with E-state index in [0.717, 1.165) is 26.9 Å². The molecule has 0 aliphatic carbocycles. The van der Waals surface area contributed by atoms with Gasteiger partial charge < -0.3 is 4.74 Å². The molecule has 3 heteroatoms. The summed E-state index contributed by atoms with van der Waals surface area (Å²) in [5, 5.41) is 8.96. The van der Waals surface area contributed by atoms with Crippen molar-refractivity contribution in [1.29, 1.82) is 5.26 Å². The van der Waals surface area contributed by atoms with Crippen molar-refractivity contribution in [1.82, 2.24) is 0 Å². The first kappa shape index (κ1) is 11.2. The fourth-order valence-corrected chi connectivity index (χ4v) is 2.89. The molecule has 3 rings (SSSR count). The molecule has 0 radical (unpaired) electrons. The molecule has 0 N–H and O–H groups in total. The Morgan fingerprint density at radius 2 is 1.89 bits per heavy atom. The SMILES string of the molecule is CC(C#N)c1ccc2c(c1)Sc1ccccc1O2. The largest absolute Gasteiger partial charge is 0.455 e. The highest BCUT2D eigenvalue weighted by Crippen LogP contribution is 2.47. The first-order chi connectivity index (χ1) is 8.78. The highest BCUT2D eigenvalue weighted by molar-refractivity contribution is 7.99. The van der Waals surface area contributed by atoms with Crippen molar-refractivity contribution < 1.29 is 4.74 Å². The number of nitrogens with zero attached hydrogens (tertiary/aromatic N) is 1. The van der Waals surface area contributed by atoms with E-state index in [1.807, 2.05) is 49.4 Å². The van der Waals surface area contributed by atoms with Crippen LogP contribution in [-0.4, -0.2) is 0 Å². The molecular formula is C15H11NOS. The summed E-state index contributed by atoms with van der Waals surface area (Å²) >= 11 is 1.69. The predicted molar refractivity (Wildman–Crippen MR) is 71.1 cm³/mol. The van der Waals surface area contributed by atoms with Crippen LogP contribution in [0.25, 0.3) is 0 Å². The number of rotatable bonds is 1. The Balaban J connectivity index is 2.01. The molecular weight excluding hydrogens is 242 g/mol. The van der Waals surface area contributed by atoms with Crippen LogP contribution < -0.4 is 4.74 Å². The van der Waals surface area contributed by atoms with Gasteiger partial charge in [-0.25, -0.2) is 0 Å². The van der Waals surface area contributed by atoms with Crippen LogP contribution in [0.2, 0.25) is 0 Å². The predicted octanol–water partition coefficient (Wildman–Crippen LogP) is 4.57. The molecule has 0 spiro atoms. The summed E-state index contributed by atoms with van der Waals surface area (Å²) in [5.74, 6) is 1.68. The minimum Gasteiger partial charge on any atom is -0.455 e. The van der Waals surface area contributed by atoms with Gasteiger partial charge in [0.05, 0.1) is 21.8 Å². The molecule has 0 bridgehead atoms. The molecule has 0 amide bonds. The average Bonchev–Trinajstić information content (AvgIpc) is 2.43. The summed E-state index contributed by atoms with van der Waals surface area (Å²) in [5.41, 5.74) is 1.03.